The Bertz CT molecular complexity index is 1560. The average molecular weight is 1170 g/mol. The van der Waals surface area contributed by atoms with Crippen LogP contribution in [0.5, 0.6) is 0 Å². The summed E-state index contributed by atoms with van der Waals surface area (Å²) in [4.78, 5) is 42.2. The van der Waals surface area contributed by atoms with Crippen LogP contribution in [0.3, 0.4) is 0 Å². The Kier molecular flexibility index (Phi) is 77.7. The summed E-state index contributed by atoms with van der Waals surface area (Å²) in [5, 5.41) is 11.7. The quantitative estimate of drug-likeness (QED) is 0.0169. The molecule has 0 fully saturated rings. The number of carbonyl (C=O) groups excluding carboxylic acids is 3. The third kappa shape index (κ3) is 85.6. The maximum atomic E-state index is 11.2. The van der Waals surface area contributed by atoms with Gasteiger partial charge in [0.15, 0.2) is 0 Å². The fraction of sp³-hybridized carbons (Fsp3) is 0.885. The highest BCUT2D eigenvalue weighted by Gasteiger charge is 2.14. The van der Waals surface area contributed by atoms with Crippen molar-refractivity contribution in [1.82, 2.24) is 14.3 Å². The molecule has 0 aliphatic rings. The van der Waals surface area contributed by atoms with E-state index in [1.165, 1.54) is 55.8 Å². The lowest BCUT2D eigenvalue weighted by atomic mass is 10.2. The van der Waals surface area contributed by atoms with Crippen molar-refractivity contribution in [3.63, 3.8) is 0 Å². The Morgan fingerprint density at radius 1 is 0.560 bits per heavy atom. The van der Waals surface area contributed by atoms with Gasteiger partial charge in [-0.3, -0.25) is 19.2 Å². The molecular weight excluding hydrogens is 1050 g/mol. The topological polar surface area (TPSA) is 264 Å². The zero-order chi connectivity index (χ0) is 59.1. The van der Waals surface area contributed by atoms with Crippen LogP contribution in [0.25, 0.3) is 0 Å². The van der Waals surface area contributed by atoms with E-state index in [0.29, 0.717) is 97.5 Å². The van der Waals surface area contributed by atoms with E-state index in [9.17, 15) is 44.4 Å². The summed E-state index contributed by atoms with van der Waals surface area (Å²) in [6.45, 7) is 31.7. The lowest BCUT2D eigenvalue weighted by molar-refractivity contribution is -0.146. The fourth-order valence-electron chi connectivity index (χ4n) is 4.79. The number of unbranched alkanes of at least 4 members (excludes halogenated alkanes) is 5. The predicted molar refractivity (Wildman–Crippen MR) is 308 cm³/mol. The van der Waals surface area contributed by atoms with Crippen LogP contribution in [0.2, 0.25) is 0 Å². The van der Waals surface area contributed by atoms with Crippen LogP contribution in [0, 0.1) is 0 Å². The first-order valence-corrected chi connectivity index (χ1v) is 33.0. The molecule has 0 radical (unpaired) electrons. The zero-order valence-electron chi connectivity index (χ0n) is 48.9. The van der Waals surface area contributed by atoms with Crippen molar-refractivity contribution in [1.29, 1.82) is 0 Å². The molecule has 0 atom stereocenters. The number of sulfone groups is 1. The second-order valence-corrected chi connectivity index (χ2v) is 23.4. The van der Waals surface area contributed by atoms with E-state index >= 15 is 0 Å². The molecule has 0 aromatic carbocycles. The number of ether oxygens (including phenoxy) is 5. The average Bonchev–Trinajstić information content (AvgIpc) is 3.36. The van der Waals surface area contributed by atoms with Crippen molar-refractivity contribution >= 4 is 65.4 Å². The van der Waals surface area contributed by atoms with E-state index in [0.717, 1.165) is 32.3 Å². The molecule has 0 saturated carbocycles. The second kappa shape index (κ2) is 67.5. The summed E-state index contributed by atoms with van der Waals surface area (Å²) in [5.74, 6) is -0.378. The van der Waals surface area contributed by atoms with Gasteiger partial charge in [-0.1, -0.05) is 95.1 Å². The van der Waals surface area contributed by atoms with Crippen LogP contribution in [-0.2, 0) is 72.7 Å². The lowest BCUT2D eigenvalue weighted by Crippen LogP contribution is -2.29. The van der Waals surface area contributed by atoms with Crippen LogP contribution in [0.1, 0.15) is 198 Å². The number of sulfonamides is 2. The number of carboxylic acids is 1. The molecule has 0 spiro atoms. The molecule has 0 aromatic rings. The summed E-state index contributed by atoms with van der Waals surface area (Å²) in [7, 11) is -7.16. The summed E-state index contributed by atoms with van der Waals surface area (Å²) >= 11 is 5.37. The largest absolute Gasteiger partial charge is 0.499 e. The van der Waals surface area contributed by atoms with Gasteiger partial charge >= 0.3 is 23.9 Å². The number of nitrogens with zero attached hydrogens (tertiary/aromatic N) is 1. The predicted octanol–water partition coefficient (Wildman–Crippen LogP) is 9.85. The normalized spacial score (nSPS) is 10.5. The van der Waals surface area contributed by atoms with Gasteiger partial charge < -0.3 is 34.1 Å². The number of alkyl halides is 1. The van der Waals surface area contributed by atoms with Crippen LogP contribution < -0.4 is 10.0 Å². The SMILES string of the molecule is C=COCCOCC.CCCC(=O)OCCCCOC(=O)CCCl.CCCCCNCCCC.CCCN(C)S(=O)(=O)CCC.CCCNS(=O)(=O)CCC.CCCOC(=O)CC.CCS(=O)(=O)CCCCC(=O)O. The standard InChI is InChI=1S/C11H19ClO4.C9H21N.C7H17NO2S.C7H14O4S.C6H15NO2S.2C6H12O2/c1-2-5-10(13)15-8-3-4-9-16-11(14)6-7-12;1-3-5-7-9-10-8-6-4-2;1-4-6-8(3)11(9,10)7-5-2;1-2-12(10,11)6-4-3-5-7(8)9;1-3-5-7-10(8,9)6-4-2;1-3-7-5-6-8-4-2;1-3-5-8-6(7)4-2/h2-9H2,1H3;10H,3-9H2,1-2H3;4-7H2,1-3H3;2-6H2,1H3,(H,8,9);7H,3-6H2,1-2H3;3H,1,4-6H2,2H3;3-5H2,1-2H3. The number of esters is 3. The summed E-state index contributed by atoms with van der Waals surface area (Å²) in [5.41, 5.74) is 0. The Morgan fingerprint density at radius 2 is 1.12 bits per heavy atom. The van der Waals surface area contributed by atoms with Crippen LogP contribution >= 0.6 is 11.6 Å². The number of carboxylic acid groups (broad SMARTS) is 1. The van der Waals surface area contributed by atoms with Gasteiger partial charge in [0.1, 0.15) is 16.4 Å². The van der Waals surface area contributed by atoms with Crippen molar-refractivity contribution in [2.45, 2.75) is 198 Å². The highest BCUT2D eigenvalue weighted by atomic mass is 35.5. The number of halogens is 1. The minimum absolute atomic E-state index is 0.0548. The molecule has 0 unspecified atom stereocenters. The maximum Gasteiger partial charge on any atom is 0.306 e. The molecule has 0 aliphatic carbocycles. The molecule has 0 amide bonds. The molecule has 0 aliphatic heterocycles. The monoisotopic (exact) mass is 1160 g/mol. The zero-order valence-corrected chi connectivity index (χ0v) is 52.2. The maximum absolute atomic E-state index is 11.2. The first-order chi connectivity index (χ1) is 35.5. The van der Waals surface area contributed by atoms with Gasteiger partial charge in [0.2, 0.25) is 20.0 Å². The van der Waals surface area contributed by atoms with Gasteiger partial charge in [-0.25, -0.2) is 34.3 Å². The summed E-state index contributed by atoms with van der Waals surface area (Å²) in [6, 6.07) is 0. The van der Waals surface area contributed by atoms with Crippen molar-refractivity contribution in [3.8, 4) is 0 Å². The van der Waals surface area contributed by atoms with E-state index < -0.39 is 35.9 Å². The Labute approximate surface area is 463 Å². The number of nitrogens with one attached hydrogen (secondary N) is 2. The molecule has 0 aromatic heterocycles. The van der Waals surface area contributed by atoms with Gasteiger partial charge in [0.25, 0.3) is 0 Å². The van der Waals surface area contributed by atoms with Crippen molar-refractivity contribution in [2.75, 3.05) is 102 Å². The minimum atomic E-state index is -2.94. The van der Waals surface area contributed by atoms with Crippen LogP contribution in [0.15, 0.2) is 12.8 Å². The number of carbonyl (C=O) groups is 4. The van der Waals surface area contributed by atoms with E-state index in [-0.39, 0.29) is 59.6 Å². The van der Waals surface area contributed by atoms with Crippen molar-refractivity contribution < 1.29 is 73.2 Å². The van der Waals surface area contributed by atoms with E-state index in [2.05, 4.69) is 30.5 Å². The smallest absolute Gasteiger partial charge is 0.306 e. The van der Waals surface area contributed by atoms with Crippen molar-refractivity contribution in [2.24, 2.45) is 0 Å². The third-order valence-corrected chi connectivity index (χ3v) is 14.6. The fourth-order valence-corrected chi connectivity index (χ4v) is 8.36. The molecule has 19 nitrogen and oxygen atoms in total. The highest BCUT2D eigenvalue weighted by molar-refractivity contribution is 7.91. The van der Waals surface area contributed by atoms with E-state index in [1.54, 1.807) is 20.9 Å². The molecule has 75 heavy (non-hydrogen) atoms. The molecule has 0 saturated heterocycles. The third-order valence-electron chi connectivity index (χ3n) is 8.96. The Hall–Kier alpha value is -2.60. The Morgan fingerprint density at radius 3 is 1.56 bits per heavy atom. The number of hydrogen-bond acceptors (Lipinski definition) is 16. The van der Waals surface area contributed by atoms with Gasteiger partial charge in [0.05, 0.1) is 56.4 Å². The highest BCUT2D eigenvalue weighted by Crippen LogP contribution is 2.02. The second-order valence-electron chi connectivity index (χ2n) is 16.4. The van der Waals surface area contributed by atoms with Crippen molar-refractivity contribution in [3.05, 3.63) is 12.8 Å². The first-order valence-electron chi connectivity index (χ1n) is 27.4. The number of hydrogen-bond donors (Lipinski definition) is 3. The van der Waals surface area contributed by atoms with Crippen LogP contribution in [-0.4, -0.2) is 160 Å². The number of aliphatic carboxylic acids is 1. The van der Waals surface area contributed by atoms with Gasteiger partial charge in [-0.15, -0.1) is 11.6 Å². The lowest BCUT2D eigenvalue weighted by Gasteiger charge is -2.14. The molecular formula is C52H110ClN3O16S3. The Balaban J connectivity index is -0.000000146. The molecule has 0 bridgehead atoms. The van der Waals surface area contributed by atoms with E-state index in [1.807, 2.05) is 48.5 Å². The molecule has 454 valence electrons. The van der Waals surface area contributed by atoms with Gasteiger partial charge in [-0.05, 0) is 97.1 Å². The summed E-state index contributed by atoms with van der Waals surface area (Å²) < 4.78 is 94.2. The van der Waals surface area contributed by atoms with Crippen LogP contribution in [0.4, 0.5) is 0 Å². The molecule has 0 heterocycles. The molecule has 23 heteroatoms. The van der Waals surface area contributed by atoms with E-state index in [4.69, 9.17) is 40.4 Å². The van der Waals surface area contributed by atoms with Gasteiger partial charge in [-0.2, -0.15) is 0 Å². The summed E-state index contributed by atoms with van der Waals surface area (Å²) in [6.07, 6.45) is 16.4. The van der Waals surface area contributed by atoms with Gasteiger partial charge in [0, 0.05) is 57.6 Å². The molecule has 3 N–H and O–H groups in total. The molecule has 0 rings (SSSR count). The minimum Gasteiger partial charge on any atom is -0.499 e. The first kappa shape index (κ1) is 86.3. The number of rotatable bonds is 40.